The normalized spacial score (nSPS) is 24.7. The molecule has 0 aromatic heterocycles. The molecule has 3 heteroatoms. The molecule has 2 rings (SSSR count). The smallest absolute Gasteiger partial charge is 0.121 e. The van der Waals surface area contributed by atoms with Crippen molar-refractivity contribution in [2.75, 3.05) is 38.2 Å². The van der Waals surface area contributed by atoms with Crippen molar-refractivity contribution in [1.29, 1.82) is 0 Å². The minimum Gasteiger partial charge on any atom is -0.496 e. The quantitative estimate of drug-likeness (QED) is 0.887. The lowest BCUT2D eigenvalue weighted by Gasteiger charge is -2.33. The number of ether oxygens (including phenoxy) is 1. The summed E-state index contributed by atoms with van der Waals surface area (Å²) < 4.78 is 5.35. The van der Waals surface area contributed by atoms with Crippen molar-refractivity contribution in [3.8, 4) is 5.75 Å². The van der Waals surface area contributed by atoms with Crippen molar-refractivity contribution in [3.05, 3.63) is 23.8 Å². The maximum atomic E-state index is 5.35. The molecule has 1 N–H and O–H groups in total. The third-order valence-electron chi connectivity index (χ3n) is 3.79. The van der Waals surface area contributed by atoms with Crippen LogP contribution >= 0.6 is 0 Å². The summed E-state index contributed by atoms with van der Waals surface area (Å²) in [5.74, 6) is 2.32. The zero-order valence-corrected chi connectivity index (χ0v) is 12.6. The highest BCUT2D eigenvalue weighted by molar-refractivity contribution is 5.53. The average Bonchev–Trinajstić information content (AvgIpc) is 2.35. The Bertz CT molecular complexity index is 407. The Labute approximate surface area is 116 Å². The van der Waals surface area contributed by atoms with Crippen LogP contribution in [-0.2, 0) is 0 Å². The fourth-order valence-electron chi connectivity index (χ4n) is 2.80. The molecule has 0 saturated carbocycles. The van der Waals surface area contributed by atoms with E-state index in [4.69, 9.17) is 4.74 Å². The standard InChI is InChI=1S/C16H26N2O/c1-12-8-17-9-13(2)11-18(10-12)15-5-6-16(19-4)14(3)7-15/h5-7,12-13,17H,8-11H2,1-4H3. The van der Waals surface area contributed by atoms with Crippen molar-refractivity contribution in [3.63, 3.8) is 0 Å². The van der Waals surface area contributed by atoms with Gasteiger partial charge in [-0.3, -0.25) is 0 Å². The Morgan fingerprint density at radius 1 is 1.16 bits per heavy atom. The van der Waals surface area contributed by atoms with E-state index in [2.05, 4.69) is 49.2 Å². The number of hydrogen-bond donors (Lipinski definition) is 1. The molecule has 0 amide bonds. The molecule has 1 aromatic rings. The van der Waals surface area contributed by atoms with Gasteiger partial charge in [0.2, 0.25) is 0 Å². The van der Waals surface area contributed by atoms with Gasteiger partial charge in [0.25, 0.3) is 0 Å². The second-order valence-corrected chi connectivity index (χ2v) is 5.93. The zero-order chi connectivity index (χ0) is 13.8. The number of nitrogens with zero attached hydrogens (tertiary/aromatic N) is 1. The van der Waals surface area contributed by atoms with E-state index in [-0.39, 0.29) is 0 Å². The number of benzene rings is 1. The van der Waals surface area contributed by atoms with Crippen molar-refractivity contribution in [1.82, 2.24) is 5.32 Å². The van der Waals surface area contributed by atoms with Crippen LogP contribution < -0.4 is 15.0 Å². The third kappa shape index (κ3) is 3.63. The highest BCUT2D eigenvalue weighted by Crippen LogP contribution is 2.25. The molecule has 1 heterocycles. The molecule has 1 fully saturated rings. The molecule has 0 radical (unpaired) electrons. The molecule has 1 aromatic carbocycles. The lowest BCUT2D eigenvalue weighted by atomic mass is 10.0. The molecule has 1 aliphatic rings. The second-order valence-electron chi connectivity index (χ2n) is 5.93. The van der Waals surface area contributed by atoms with Crippen molar-refractivity contribution in [2.45, 2.75) is 20.8 Å². The largest absolute Gasteiger partial charge is 0.496 e. The van der Waals surface area contributed by atoms with E-state index in [0.717, 1.165) is 31.9 Å². The van der Waals surface area contributed by atoms with Gasteiger partial charge in [0, 0.05) is 18.8 Å². The van der Waals surface area contributed by atoms with Gasteiger partial charge in [-0.25, -0.2) is 0 Å². The fourth-order valence-corrected chi connectivity index (χ4v) is 2.80. The zero-order valence-electron chi connectivity index (χ0n) is 12.6. The van der Waals surface area contributed by atoms with Crippen molar-refractivity contribution in [2.24, 2.45) is 11.8 Å². The molecular formula is C16H26N2O. The number of aryl methyl sites for hydroxylation is 1. The van der Waals surface area contributed by atoms with Crippen LogP contribution in [0.4, 0.5) is 5.69 Å². The molecule has 0 bridgehead atoms. The molecule has 0 spiro atoms. The lowest BCUT2D eigenvalue weighted by Crippen LogP contribution is -2.42. The molecular weight excluding hydrogens is 236 g/mol. The molecule has 1 saturated heterocycles. The number of hydrogen-bond acceptors (Lipinski definition) is 3. The maximum absolute atomic E-state index is 5.35. The predicted molar refractivity (Wildman–Crippen MR) is 81.1 cm³/mol. The van der Waals surface area contributed by atoms with Gasteiger partial charge in [0.05, 0.1) is 7.11 Å². The van der Waals surface area contributed by atoms with Gasteiger partial charge >= 0.3 is 0 Å². The van der Waals surface area contributed by atoms with Gasteiger partial charge in [0.1, 0.15) is 5.75 Å². The van der Waals surface area contributed by atoms with Gasteiger partial charge in [0.15, 0.2) is 0 Å². The Morgan fingerprint density at radius 3 is 2.32 bits per heavy atom. The summed E-state index contributed by atoms with van der Waals surface area (Å²) in [6.07, 6.45) is 0. The van der Waals surface area contributed by atoms with Crippen LogP contribution in [0.2, 0.25) is 0 Å². The van der Waals surface area contributed by atoms with Crippen LogP contribution in [-0.4, -0.2) is 33.3 Å². The monoisotopic (exact) mass is 262 g/mol. The highest BCUT2D eigenvalue weighted by atomic mass is 16.5. The number of anilines is 1. The average molecular weight is 262 g/mol. The first kappa shape index (κ1) is 14.2. The van der Waals surface area contributed by atoms with E-state index in [1.165, 1.54) is 11.3 Å². The van der Waals surface area contributed by atoms with Crippen LogP contribution in [0.15, 0.2) is 18.2 Å². The van der Waals surface area contributed by atoms with Gasteiger partial charge in [-0.1, -0.05) is 13.8 Å². The summed E-state index contributed by atoms with van der Waals surface area (Å²) in [4.78, 5) is 2.52. The summed E-state index contributed by atoms with van der Waals surface area (Å²) in [7, 11) is 1.73. The minimum absolute atomic E-state index is 0.676. The molecule has 2 unspecified atom stereocenters. The van der Waals surface area contributed by atoms with E-state index in [1.807, 2.05) is 0 Å². The SMILES string of the molecule is COc1ccc(N2CC(C)CNCC(C)C2)cc1C. The molecule has 19 heavy (non-hydrogen) atoms. The van der Waals surface area contributed by atoms with Gasteiger partial charge in [-0.05, 0) is 55.6 Å². The molecule has 2 atom stereocenters. The summed E-state index contributed by atoms with van der Waals surface area (Å²) in [6.45, 7) is 11.2. The van der Waals surface area contributed by atoms with Crippen molar-refractivity contribution < 1.29 is 4.74 Å². The van der Waals surface area contributed by atoms with Crippen LogP contribution in [0.3, 0.4) is 0 Å². The highest BCUT2D eigenvalue weighted by Gasteiger charge is 2.18. The van der Waals surface area contributed by atoms with Gasteiger partial charge in [-0.15, -0.1) is 0 Å². The lowest BCUT2D eigenvalue weighted by molar-refractivity contribution is 0.407. The Morgan fingerprint density at radius 2 is 1.79 bits per heavy atom. The first-order chi connectivity index (χ1) is 9.10. The van der Waals surface area contributed by atoms with Crippen LogP contribution in [0, 0.1) is 18.8 Å². The fraction of sp³-hybridized carbons (Fsp3) is 0.625. The summed E-state index contributed by atoms with van der Waals surface area (Å²) in [6, 6.07) is 6.50. The Kier molecular flexibility index (Phi) is 4.70. The molecule has 0 aliphatic carbocycles. The number of methoxy groups -OCH3 is 1. The van der Waals surface area contributed by atoms with Gasteiger partial charge < -0.3 is 15.0 Å². The van der Waals surface area contributed by atoms with Crippen LogP contribution in [0.1, 0.15) is 19.4 Å². The van der Waals surface area contributed by atoms with Gasteiger partial charge in [-0.2, -0.15) is 0 Å². The van der Waals surface area contributed by atoms with Crippen LogP contribution in [0.25, 0.3) is 0 Å². The van der Waals surface area contributed by atoms with E-state index in [1.54, 1.807) is 7.11 Å². The number of rotatable bonds is 2. The second kappa shape index (κ2) is 6.29. The van der Waals surface area contributed by atoms with Crippen molar-refractivity contribution >= 4 is 5.69 Å². The molecule has 3 nitrogen and oxygen atoms in total. The topological polar surface area (TPSA) is 24.5 Å². The summed E-state index contributed by atoms with van der Waals surface area (Å²) >= 11 is 0. The predicted octanol–water partition coefficient (Wildman–Crippen LogP) is 2.69. The first-order valence-electron chi connectivity index (χ1n) is 7.20. The number of nitrogens with one attached hydrogen (secondary N) is 1. The minimum atomic E-state index is 0.676. The Balaban J connectivity index is 2.19. The van der Waals surface area contributed by atoms with E-state index < -0.39 is 0 Å². The van der Waals surface area contributed by atoms with E-state index in [0.29, 0.717) is 11.8 Å². The maximum Gasteiger partial charge on any atom is 0.121 e. The molecule has 106 valence electrons. The third-order valence-corrected chi connectivity index (χ3v) is 3.79. The molecule has 1 aliphatic heterocycles. The first-order valence-corrected chi connectivity index (χ1v) is 7.20. The van der Waals surface area contributed by atoms with E-state index in [9.17, 15) is 0 Å². The van der Waals surface area contributed by atoms with Crippen LogP contribution in [0.5, 0.6) is 5.75 Å². The summed E-state index contributed by atoms with van der Waals surface area (Å²) in [5.41, 5.74) is 2.53. The Hall–Kier alpha value is -1.22. The summed E-state index contributed by atoms with van der Waals surface area (Å²) in [5, 5.41) is 3.54. The van der Waals surface area contributed by atoms with E-state index >= 15 is 0 Å².